The fraction of sp³-hybridized carbons (Fsp3) is 0.857. The van der Waals surface area contributed by atoms with Crippen molar-refractivity contribution in [1.82, 2.24) is 0 Å². The summed E-state index contributed by atoms with van der Waals surface area (Å²) in [6.07, 6.45) is 20.4. The van der Waals surface area contributed by atoms with Gasteiger partial charge in [-0.25, -0.2) is 4.79 Å². The number of rotatable bonds is 21. The molecule has 0 aliphatic rings. The lowest BCUT2D eigenvalue weighted by Crippen LogP contribution is -2.43. The van der Waals surface area contributed by atoms with Crippen molar-refractivity contribution in [3.8, 4) is 0 Å². The lowest BCUT2D eigenvalue weighted by molar-refractivity contribution is -0.251. The zero-order valence-corrected chi connectivity index (χ0v) is 18.8. The van der Waals surface area contributed by atoms with Crippen molar-refractivity contribution in [3.63, 3.8) is 0 Å². The van der Waals surface area contributed by atoms with E-state index < -0.39 is 15.0 Å². The van der Waals surface area contributed by atoms with Gasteiger partial charge in [-0.15, -0.1) is 11.2 Å². The maximum absolute atomic E-state index is 11.5. The van der Waals surface area contributed by atoms with Gasteiger partial charge in [0.15, 0.2) is 0 Å². The number of carbonyl (C=O) groups is 1. The summed E-state index contributed by atoms with van der Waals surface area (Å²) < 4.78 is 8.89. The molecular formula is C21H42O6Si. The Balaban J connectivity index is 3.30. The quantitative estimate of drug-likeness (QED) is 0.0859. The Morgan fingerprint density at radius 1 is 0.821 bits per heavy atom. The van der Waals surface area contributed by atoms with Crippen LogP contribution in [-0.2, 0) is 18.7 Å². The Morgan fingerprint density at radius 3 is 1.68 bits per heavy atom. The highest BCUT2D eigenvalue weighted by Gasteiger charge is 2.39. The molecule has 0 atom stereocenters. The highest BCUT2D eigenvalue weighted by molar-refractivity contribution is 6.50. The molecular weight excluding hydrogens is 376 g/mol. The lowest BCUT2D eigenvalue weighted by atomic mass is 10.0. The monoisotopic (exact) mass is 418 g/mol. The molecule has 0 fully saturated rings. The Kier molecular flexibility index (Phi) is 19.1. The standard InChI is InChI=1S/C21H42O6Si/c1-3-5-6-7-8-9-10-11-12-13-14-15-16-17-18-19-21(22)26-27-28(23,24)25-20-4-2/h4,23-24H,2-3,5-20H2,1H3. The van der Waals surface area contributed by atoms with Crippen molar-refractivity contribution >= 4 is 15.0 Å². The molecule has 0 heterocycles. The predicted molar refractivity (Wildman–Crippen MR) is 113 cm³/mol. The van der Waals surface area contributed by atoms with Gasteiger partial charge in [-0.05, 0) is 6.42 Å². The van der Waals surface area contributed by atoms with E-state index in [-0.39, 0.29) is 13.0 Å². The van der Waals surface area contributed by atoms with Crippen LogP contribution in [0.15, 0.2) is 12.7 Å². The smallest absolute Gasteiger partial charge is 0.366 e. The first-order valence-corrected chi connectivity index (χ1v) is 12.8. The van der Waals surface area contributed by atoms with Gasteiger partial charge in [0.25, 0.3) is 0 Å². The third-order valence-electron chi connectivity index (χ3n) is 4.62. The van der Waals surface area contributed by atoms with Crippen molar-refractivity contribution in [2.24, 2.45) is 0 Å². The second-order valence-corrected chi connectivity index (χ2v) is 8.94. The summed E-state index contributed by atoms with van der Waals surface area (Å²) in [6, 6.07) is 0. The Morgan fingerprint density at radius 2 is 1.25 bits per heavy atom. The molecule has 0 saturated heterocycles. The highest BCUT2D eigenvalue weighted by atomic mass is 28.4. The molecule has 7 heteroatoms. The van der Waals surface area contributed by atoms with E-state index in [0.29, 0.717) is 6.42 Å². The number of unbranched alkanes of at least 4 members (excludes halogenated alkanes) is 14. The van der Waals surface area contributed by atoms with E-state index in [1.54, 1.807) is 0 Å². The molecule has 0 unspecified atom stereocenters. The largest absolute Gasteiger partial charge is 0.712 e. The van der Waals surface area contributed by atoms with Gasteiger partial charge in [-0.3, -0.25) is 0 Å². The van der Waals surface area contributed by atoms with Crippen LogP contribution in [0.3, 0.4) is 0 Å². The van der Waals surface area contributed by atoms with E-state index in [0.717, 1.165) is 12.8 Å². The van der Waals surface area contributed by atoms with Gasteiger partial charge in [0.2, 0.25) is 0 Å². The number of hydrogen-bond donors (Lipinski definition) is 2. The molecule has 0 bridgehead atoms. The summed E-state index contributed by atoms with van der Waals surface area (Å²) in [5.74, 6) is -0.614. The topological polar surface area (TPSA) is 85.2 Å². The summed E-state index contributed by atoms with van der Waals surface area (Å²) in [7, 11) is -4.39. The van der Waals surface area contributed by atoms with Gasteiger partial charge in [0, 0.05) is 6.42 Å². The average Bonchev–Trinajstić information content (AvgIpc) is 2.68. The van der Waals surface area contributed by atoms with Crippen LogP contribution in [0.25, 0.3) is 0 Å². The molecule has 0 aromatic heterocycles. The van der Waals surface area contributed by atoms with Crippen molar-refractivity contribution in [2.45, 2.75) is 110 Å². The highest BCUT2D eigenvalue weighted by Crippen LogP contribution is 2.14. The number of hydrogen-bond acceptors (Lipinski definition) is 6. The van der Waals surface area contributed by atoms with Crippen LogP contribution in [0.1, 0.15) is 110 Å². The molecule has 0 saturated carbocycles. The van der Waals surface area contributed by atoms with E-state index in [9.17, 15) is 14.4 Å². The summed E-state index contributed by atoms with van der Waals surface area (Å²) in [5.41, 5.74) is 0. The second-order valence-electron chi connectivity index (χ2n) is 7.39. The second kappa shape index (κ2) is 19.6. The van der Waals surface area contributed by atoms with Gasteiger partial charge in [-0.2, -0.15) is 0 Å². The van der Waals surface area contributed by atoms with Crippen LogP contribution >= 0.6 is 0 Å². The Labute approximate surface area is 172 Å². The molecule has 0 aromatic carbocycles. The third-order valence-corrected chi connectivity index (χ3v) is 5.46. The maximum atomic E-state index is 11.5. The van der Waals surface area contributed by atoms with E-state index >= 15 is 0 Å². The summed E-state index contributed by atoms with van der Waals surface area (Å²) in [5, 5.41) is 0. The van der Waals surface area contributed by atoms with Crippen molar-refractivity contribution in [1.29, 1.82) is 0 Å². The summed E-state index contributed by atoms with van der Waals surface area (Å²) in [4.78, 5) is 34.5. The van der Waals surface area contributed by atoms with Gasteiger partial charge in [-0.1, -0.05) is 103 Å². The molecule has 28 heavy (non-hydrogen) atoms. The van der Waals surface area contributed by atoms with Crippen LogP contribution in [0, 0.1) is 0 Å². The first kappa shape index (κ1) is 27.3. The average molecular weight is 419 g/mol. The zero-order valence-electron chi connectivity index (χ0n) is 17.8. The van der Waals surface area contributed by atoms with Crippen molar-refractivity contribution in [2.75, 3.05) is 6.61 Å². The molecule has 0 aromatic rings. The van der Waals surface area contributed by atoms with E-state index in [2.05, 4.69) is 27.4 Å². The summed E-state index contributed by atoms with van der Waals surface area (Å²) >= 11 is 0. The normalized spacial score (nSPS) is 11.5. The van der Waals surface area contributed by atoms with Crippen molar-refractivity contribution < 1.29 is 28.3 Å². The fourth-order valence-corrected chi connectivity index (χ4v) is 3.56. The third kappa shape index (κ3) is 20.0. The SMILES string of the molecule is C=CCO[Si](O)(O)OOC(=O)CCCCCCCCCCCCCCCCC. The molecule has 2 N–H and O–H groups in total. The zero-order chi connectivity index (χ0) is 20.9. The molecule has 0 aliphatic carbocycles. The van der Waals surface area contributed by atoms with Crippen LogP contribution < -0.4 is 0 Å². The summed E-state index contributed by atoms with van der Waals surface area (Å²) in [6.45, 7) is 5.54. The van der Waals surface area contributed by atoms with Crippen LogP contribution in [0.4, 0.5) is 0 Å². The number of carbonyl (C=O) groups excluding carboxylic acids is 1. The molecule has 0 rings (SSSR count). The Bertz CT molecular complexity index is 376. The van der Waals surface area contributed by atoms with E-state index in [1.807, 2.05) is 0 Å². The minimum absolute atomic E-state index is 0.0875. The van der Waals surface area contributed by atoms with Crippen LogP contribution in [-0.4, -0.2) is 31.2 Å². The van der Waals surface area contributed by atoms with Crippen LogP contribution in [0.2, 0.25) is 0 Å². The van der Waals surface area contributed by atoms with E-state index in [1.165, 1.54) is 83.1 Å². The molecule has 0 spiro atoms. The fourth-order valence-electron chi connectivity index (χ4n) is 2.97. The molecule has 0 amide bonds. The van der Waals surface area contributed by atoms with Crippen molar-refractivity contribution in [3.05, 3.63) is 12.7 Å². The predicted octanol–water partition coefficient (Wildman–Crippen LogP) is 5.35. The first-order valence-electron chi connectivity index (χ1n) is 11.1. The first-order chi connectivity index (χ1) is 13.5. The van der Waals surface area contributed by atoms with Gasteiger partial charge in [0.05, 0.1) is 6.61 Å². The molecule has 0 radical (unpaired) electrons. The minimum atomic E-state index is -4.39. The minimum Gasteiger partial charge on any atom is -0.366 e. The molecule has 0 aliphatic heterocycles. The van der Waals surface area contributed by atoms with E-state index in [4.69, 9.17) is 0 Å². The van der Waals surface area contributed by atoms with Crippen LogP contribution in [0.5, 0.6) is 0 Å². The maximum Gasteiger partial charge on any atom is 0.712 e. The van der Waals surface area contributed by atoms with Gasteiger partial charge in [0.1, 0.15) is 0 Å². The molecule has 166 valence electrons. The lowest BCUT2D eigenvalue weighted by Gasteiger charge is -2.14. The molecule has 6 nitrogen and oxygen atoms in total. The Hall–Kier alpha value is -0.733. The van der Waals surface area contributed by atoms with Gasteiger partial charge >= 0.3 is 15.0 Å². The van der Waals surface area contributed by atoms with Gasteiger partial charge < -0.3 is 18.9 Å².